The molecule has 3 aromatic rings. The van der Waals surface area contributed by atoms with Crippen LogP contribution in [0, 0.1) is 11.3 Å². The van der Waals surface area contributed by atoms with Gasteiger partial charge < -0.3 is 19.8 Å². The minimum atomic E-state index is -1.00. The molecule has 10 nitrogen and oxygen atoms in total. The number of aromatic nitrogens is 3. The van der Waals surface area contributed by atoms with E-state index in [1.54, 1.807) is 12.3 Å². The van der Waals surface area contributed by atoms with Gasteiger partial charge in [-0.3, -0.25) is 5.32 Å². The molecule has 0 radical (unpaired) electrons. The first kappa shape index (κ1) is 18.2. The highest BCUT2D eigenvalue weighted by Gasteiger charge is 2.17. The van der Waals surface area contributed by atoms with Crippen LogP contribution in [0.1, 0.15) is 18.4 Å². The fourth-order valence-electron chi connectivity index (χ4n) is 3.16. The van der Waals surface area contributed by atoms with Crippen molar-refractivity contribution >= 4 is 23.7 Å². The summed E-state index contributed by atoms with van der Waals surface area (Å²) in [6.45, 7) is 1.93. The lowest BCUT2D eigenvalue weighted by molar-refractivity contribution is 0.198. The second kappa shape index (κ2) is 7.85. The van der Waals surface area contributed by atoms with Crippen molar-refractivity contribution in [2.24, 2.45) is 5.73 Å². The molecule has 3 N–H and O–H groups in total. The molecular weight excluding hydrogens is 374 g/mol. The Balaban J connectivity index is 1.56. The molecular formula is C19H17N7O3. The number of nitrogens with one attached hydrogen (secondary N) is 1. The topological polar surface area (TPSA) is 143 Å². The van der Waals surface area contributed by atoms with Gasteiger partial charge in [-0.1, -0.05) is 6.07 Å². The number of hydrogen-bond acceptors (Lipinski definition) is 9. The summed E-state index contributed by atoms with van der Waals surface area (Å²) in [5.74, 6) is 0.0874. The van der Waals surface area contributed by atoms with Gasteiger partial charge >= 0.3 is 18.1 Å². The molecule has 0 unspecified atom stereocenters. The van der Waals surface area contributed by atoms with Crippen molar-refractivity contribution in [3.8, 4) is 23.3 Å². The molecule has 1 aliphatic rings. The third-order valence-electron chi connectivity index (χ3n) is 4.42. The van der Waals surface area contributed by atoms with E-state index in [9.17, 15) is 10.1 Å². The Morgan fingerprint density at radius 3 is 2.86 bits per heavy atom. The van der Waals surface area contributed by atoms with Gasteiger partial charge in [0, 0.05) is 24.8 Å². The van der Waals surface area contributed by atoms with E-state index < -0.39 is 6.09 Å². The average molecular weight is 391 g/mol. The van der Waals surface area contributed by atoms with Gasteiger partial charge in [-0.05, 0) is 31.0 Å². The van der Waals surface area contributed by atoms with Gasteiger partial charge in [-0.2, -0.15) is 10.2 Å². The summed E-state index contributed by atoms with van der Waals surface area (Å²) in [5.41, 5.74) is 7.90. The molecule has 3 heterocycles. The molecule has 1 fully saturated rings. The minimum Gasteiger partial charge on any atom is -0.390 e. The van der Waals surface area contributed by atoms with Crippen molar-refractivity contribution in [2.45, 2.75) is 12.8 Å². The minimum absolute atomic E-state index is 0.0421. The van der Waals surface area contributed by atoms with E-state index in [0.29, 0.717) is 11.3 Å². The van der Waals surface area contributed by atoms with Crippen LogP contribution in [0.3, 0.4) is 0 Å². The maximum Gasteiger partial charge on any atom is 0.412 e. The van der Waals surface area contributed by atoms with Crippen molar-refractivity contribution < 1.29 is 13.9 Å². The number of hydrogen-bond donors (Lipinski definition) is 2. The van der Waals surface area contributed by atoms with Gasteiger partial charge in [0.25, 0.3) is 0 Å². The Morgan fingerprint density at radius 1 is 1.28 bits per heavy atom. The lowest BCUT2D eigenvalue weighted by Gasteiger charge is -2.19. The van der Waals surface area contributed by atoms with Gasteiger partial charge in [0.05, 0.1) is 16.9 Å². The number of anilines is 3. The molecule has 29 heavy (non-hydrogen) atoms. The summed E-state index contributed by atoms with van der Waals surface area (Å²) < 4.78 is 9.78. The summed E-state index contributed by atoms with van der Waals surface area (Å²) in [4.78, 5) is 25.4. The Morgan fingerprint density at radius 2 is 2.10 bits per heavy atom. The van der Waals surface area contributed by atoms with Crippen LogP contribution in [-0.4, -0.2) is 34.1 Å². The molecule has 0 aliphatic carbocycles. The second-order valence-corrected chi connectivity index (χ2v) is 6.33. The third kappa shape index (κ3) is 4.08. The van der Waals surface area contributed by atoms with Crippen LogP contribution in [0.5, 0.6) is 5.95 Å². The van der Waals surface area contributed by atoms with Crippen molar-refractivity contribution in [3.63, 3.8) is 0 Å². The van der Waals surface area contributed by atoms with E-state index in [1.807, 2.05) is 18.2 Å². The number of nitrogens with zero attached hydrogens (tertiary/aromatic N) is 5. The molecule has 0 atom stereocenters. The first-order valence-electron chi connectivity index (χ1n) is 8.95. The quantitative estimate of drug-likeness (QED) is 0.671. The van der Waals surface area contributed by atoms with Crippen molar-refractivity contribution in [1.82, 2.24) is 15.0 Å². The molecule has 4 rings (SSSR count). The van der Waals surface area contributed by atoms with Crippen LogP contribution in [0.25, 0.3) is 11.3 Å². The molecule has 2 aromatic heterocycles. The molecule has 1 aliphatic heterocycles. The first-order chi connectivity index (χ1) is 14.1. The number of rotatable bonds is 5. The van der Waals surface area contributed by atoms with E-state index >= 15 is 0 Å². The van der Waals surface area contributed by atoms with E-state index in [0.717, 1.165) is 37.2 Å². The zero-order valence-electron chi connectivity index (χ0n) is 15.3. The largest absolute Gasteiger partial charge is 0.412 e. The van der Waals surface area contributed by atoms with E-state index in [-0.39, 0.29) is 17.9 Å². The summed E-state index contributed by atoms with van der Waals surface area (Å²) in [6, 6.07) is 9.78. The lowest BCUT2D eigenvalue weighted by Crippen LogP contribution is -2.18. The summed E-state index contributed by atoms with van der Waals surface area (Å²) in [7, 11) is 0. The van der Waals surface area contributed by atoms with Crippen LogP contribution in [0.2, 0.25) is 0 Å². The SMILES string of the molecule is N#Cc1cc(-c2ccnc(Nc3ncc(OC(N)=O)o3)n2)ccc1N1CCCC1. The van der Waals surface area contributed by atoms with Crippen LogP contribution in [0.15, 0.2) is 41.1 Å². The maximum atomic E-state index is 10.7. The summed E-state index contributed by atoms with van der Waals surface area (Å²) >= 11 is 0. The monoisotopic (exact) mass is 391 g/mol. The van der Waals surface area contributed by atoms with Crippen molar-refractivity contribution in [2.75, 3.05) is 23.3 Å². The standard InChI is InChI=1S/C19H17N7O3/c20-10-13-9-12(3-4-15(13)26-7-1-2-8-26)14-5-6-22-18(24-14)25-19-23-11-16(29-19)28-17(21)27/h3-6,9,11H,1-2,7-8H2,(H2,21,27)(H,22,23,24,25). The normalized spacial score (nSPS) is 13.1. The molecule has 10 heteroatoms. The molecule has 1 saturated heterocycles. The molecule has 1 amide bonds. The Bertz CT molecular complexity index is 1080. The van der Waals surface area contributed by atoms with Crippen LogP contribution in [0.4, 0.5) is 22.4 Å². The highest BCUT2D eigenvalue weighted by molar-refractivity contribution is 5.70. The fraction of sp³-hybridized carbons (Fsp3) is 0.211. The molecule has 1 aromatic carbocycles. The lowest BCUT2D eigenvalue weighted by atomic mass is 10.1. The molecule has 0 bridgehead atoms. The van der Waals surface area contributed by atoms with Gasteiger partial charge in [-0.25, -0.2) is 14.8 Å². The van der Waals surface area contributed by atoms with Gasteiger partial charge in [0.2, 0.25) is 5.95 Å². The molecule has 146 valence electrons. The number of oxazole rings is 1. The third-order valence-corrected chi connectivity index (χ3v) is 4.42. The van der Waals surface area contributed by atoms with Crippen molar-refractivity contribution in [1.29, 1.82) is 5.26 Å². The van der Waals surface area contributed by atoms with E-state index in [4.69, 9.17) is 10.2 Å². The number of primary amides is 1. The number of carbonyl (C=O) groups is 1. The van der Waals surface area contributed by atoms with Crippen molar-refractivity contribution in [3.05, 3.63) is 42.2 Å². The number of nitriles is 1. The number of benzene rings is 1. The Labute approximate surface area is 165 Å². The van der Waals surface area contributed by atoms with Crippen LogP contribution >= 0.6 is 0 Å². The second-order valence-electron chi connectivity index (χ2n) is 6.33. The van der Waals surface area contributed by atoms with Crippen LogP contribution < -0.4 is 20.7 Å². The summed E-state index contributed by atoms with van der Waals surface area (Å²) in [5, 5.41) is 12.4. The zero-order valence-corrected chi connectivity index (χ0v) is 15.3. The van der Waals surface area contributed by atoms with Gasteiger partial charge in [-0.15, -0.1) is 0 Å². The highest BCUT2D eigenvalue weighted by Crippen LogP contribution is 2.29. The van der Waals surface area contributed by atoms with E-state index in [2.05, 4.69) is 36.0 Å². The fourth-order valence-corrected chi connectivity index (χ4v) is 3.16. The Kier molecular flexibility index (Phi) is 4.94. The maximum absolute atomic E-state index is 10.7. The number of amides is 1. The predicted octanol–water partition coefficient (Wildman–Crippen LogP) is 2.80. The Hall–Kier alpha value is -4.13. The highest BCUT2D eigenvalue weighted by atomic mass is 16.6. The smallest absolute Gasteiger partial charge is 0.390 e. The molecule has 0 spiro atoms. The predicted molar refractivity (Wildman–Crippen MR) is 104 cm³/mol. The van der Waals surface area contributed by atoms with Gasteiger partial charge in [0.15, 0.2) is 0 Å². The number of ether oxygens (including phenoxy) is 1. The molecule has 0 saturated carbocycles. The first-order valence-corrected chi connectivity index (χ1v) is 8.95. The number of carbonyl (C=O) groups excluding carboxylic acids is 1. The average Bonchev–Trinajstić information content (AvgIpc) is 3.40. The van der Waals surface area contributed by atoms with Crippen LogP contribution in [-0.2, 0) is 0 Å². The van der Waals surface area contributed by atoms with Gasteiger partial charge in [0.1, 0.15) is 12.3 Å². The summed E-state index contributed by atoms with van der Waals surface area (Å²) in [6.07, 6.45) is 4.06. The number of nitrogens with two attached hydrogens (primary N) is 1. The zero-order chi connectivity index (χ0) is 20.2. The van der Waals surface area contributed by atoms with E-state index in [1.165, 1.54) is 6.20 Å².